The Balaban J connectivity index is 1.55. The summed E-state index contributed by atoms with van der Waals surface area (Å²) < 4.78 is 17.6. The van der Waals surface area contributed by atoms with E-state index >= 15 is 0 Å². The Bertz CT molecular complexity index is 1220. The Morgan fingerprint density at radius 1 is 1.19 bits per heavy atom. The van der Waals surface area contributed by atoms with E-state index in [1.165, 1.54) is 0 Å². The molecule has 2 aliphatic rings. The lowest BCUT2D eigenvalue weighted by Gasteiger charge is -2.29. The van der Waals surface area contributed by atoms with Crippen LogP contribution in [0.25, 0.3) is 11.3 Å². The molecule has 0 unspecified atom stereocenters. The summed E-state index contributed by atoms with van der Waals surface area (Å²) >= 11 is 0. The van der Waals surface area contributed by atoms with E-state index in [9.17, 15) is 9.90 Å². The Kier molecular flexibility index (Phi) is 7.13. The van der Waals surface area contributed by atoms with Gasteiger partial charge < -0.3 is 24.2 Å². The number of carbonyl (C=O) groups excluding carboxylic acids is 1. The van der Waals surface area contributed by atoms with Crippen molar-refractivity contribution in [2.75, 3.05) is 26.9 Å². The average Bonchev–Trinajstić information content (AvgIpc) is 3.62. The summed E-state index contributed by atoms with van der Waals surface area (Å²) in [6, 6.07) is 12.5. The van der Waals surface area contributed by atoms with Crippen molar-refractivity contribution >= 4 is 5.91 Å². The number of para-hydroxylation sites is 1. The largest absolute Gasteiger partial charge is 0.507 e. The number of nitrogens with zero attached hydrogens (tertiary/aromatic N) is 2. The van der Waals surface area contributed by atoms with Crippen LogP contribution in [-0.4, -0.2) is 59.1 Å². The second kappa shape index (κ2) is 10.6. The van der Waals surface area contributed by atoms with Gasteiger partial charge in [0.1, 0.15) is 17.1 Å². The number of rotatable bonds is 10. The van der Waals surface area contributed by atoms with Crippen molar-refractivity contribution in [1.82, 2.24) is 15.1 Å². The average molecular weight is 492 g/mol. The maximum atomic E-state index is 13.6. The third-order valence-corrected chi connectivity index (χ3v) is 6.96. The van der Waals surface area contributed by atoms with Crippen molar-refractivity contribution in [3.63, 3.8) is 0 Å². The molecule has 0 bridgehead atoms. The Hall–Kier alpha value is -3.52. The highest BCUT2D eigenvalue weighted by molar-refractivity contribution is 6.00. The van der Waals surface area contributed by atoms with Gasteiger partial charge in [0.25, 0.3) is 5.91 Å². The highest BCUT2D eigenvalue weighted by atomic mass is 16.5. The van der Waals surface area contributed by atoms with Gasteiger partial charge in [-0.3, -0.25) is 9.89 Å². The maximum Gasteiger partial charge on any atom is 0.273 e. The molecule has 0 aliphatic carbocycles. The summed E-state index contributed by atoms with van der Waals surface area (Å²) in [6.45, 7) is 3.98. The van der Waals surface area contributed by atoms with E-state index in [1.807, 2.05) is 35.2 Å². The molecule has 2 aromatic carbocycles. The third kappa shape index (κ3) is 4.53. The first-order chi connectivity index (χ1) is 17.6. The molecule has 0 radical (unpaired) electrons. The summed E-state index contributed by atoms with van der Waals surface area (Å²) in [5, 5.41) is 18.0. The van der Waals surface area contributed by atoms with Gasteiger partial charge in [0.15, 0.2) is 11.5 Å². The number of carbonyl (C=O) groups is 1. The molecule has 2 N–H and O–H groups in total. The number of hydrogen-bond acceptors (Lipinski definition) is 6. The van der Waals surface area contributed by atoms with Crippen LogP contribution in [-0.2, 0) is 4.74 Å². The van der Waals surface area contributed by atoms with Crippen LogP contribution in [0.15, 0.2) is 42.5 Å². The number of methoxy groups -OCH3 is 1. The van der Waals surface area contributed by atoms with Crippen LogP contribution >= 0.6 is 0 Å². The summed E-state index contributed by atoms with van der Waals surface area (Å²) in [4.78, 5) is 15.4. The first-order valence-corrected chi connectivity index (χ1v) is 12.7. The molecule has 190 valence electrons. The molecule has 1 fully saturated rings. The van der Waals surface area contributed by atoms with Gasteiger partial charge in [-0.05, 0) is 49.1 Å². The zero-order valence-corrected chi connectivity index (χ0v) is 20.8. The van der Waals surface area contributed by atoms with E-state index in [0.29, 0.717) is 48.2 Å². The van der Waals surface area contributed by atoms with Gasteiger partial charge in [0.05, 0.1) is 25.9 Å². The van der Waals surface area contributed by atoms with Crippen molar-refractivity contribution in [2.24, 2.45) is 0 Å². The Labute approximate surface area is 211 Å². The van der Waals surface area contributed by atoms with Gasteiger partial charge >= 0.3 is 0 Å². The second-order valence-electron chi connectivity index (χ2n) is 9.34. The molecule has 5 rings (SSSR count). The molecule has 8 nitrogen and oxygen atoms in total. The summed E-state index contributed by atoms with van der Waals surface area (Å²) in [6.07, 6.45) is 5.12. The van der Waals surface area contributed by atoms with Gasteiger partial charge in [0, 0.05) is 24.3 Å². The van der Waals surface area contributed by atoms with Crippen LogP contribution in [0.4, 0.5) is 0 Å². The lowest BCUT2D eigenvalue weighted by Crippen LogP contribution is -2.36. The molecule has 1 saturated heterocycles. The molecule has 0 saturated carbocycles. The van der Waals surface area contributed by atoms with Crippen LogP contribution in [0.2, 0.25) is 0 Å². The van der Waals surface area contributed by atoms with E-state index in [4.69, 9.17) is 14.2 Å². The van der Waals surface area contributed by atoms with Crippen LogP contribution in [0.1, 0.15) is 66.7 Å². The fourth-order valence-electron chi connectivity index (χ4n) is 5.13. The lowest BCUT2D eigenvalue weighted by atomic mass is 9.95. The molecular formula is C28H33N3O5. The highest BCUT2D eigenvalue weighted by Crippen LogP contribution is 2.46. The Morgan fingerprint density at radius 2 is 2.06 bits per heavy atom. The normalized spacial score (nSPS) is 19.1. The number of hydrogen-bond donors (Lipinski definition) is 2. The number of aromatic nitrogens is 2. The van der Waals surface area contributed by atoms with E-state index < -0.39 is 6.04 Å². The minimum atomic E-state index is -0.409. The van der Waals surface area contributed by atoms with Crippen LogP contribution in [0.3, 0.4) is 0 Å². The standard InChI is InChI=1S/C28H33N3O5/c1-3-4-7-14-36-22-13-12-18(16-23(22)34-2)27-24-25(20-10-5-6-11-21(20)32)29-30-26(24)28(33)31(27)17-19-9-8-15-35-19/h5-6,10-13,16,19,27,32H,3-4,7-9,14-15,17H2,1-2H3,(H,29,30)/t19-,27-/m0/s1. The number of phenols is 1. The highest BCUT2D eigenvalue weighted by Gasteiger charge is 2.44. The molecule has 1 amide bonds. The predicted molar refractivity (Wildman–Crippen MR) is 136 cm³/mol. The molecular weight excluding hydrogens is 458 g/mol. The number of fused-ring (bicyclic) bond motifs is 1. The first kappa shape index (κ1) is 24.2. The number of phenolic OH excluding ortho intramolecular Hbond substituents is 1. The molecule has 36 heavy (non-hydrogen) atoms. The number of aromatic hydroxyl groups is 1. The molecule has 3 heterocycles. The minimum Gasteiger partial charge on any atom is -0.507 e. The summed E-state index contributed by atoms with van der Waals surface area (Å²) in [7, 11) is 1.62. The molecule has 8 heteroatoms. The van der Waals surface area contributed by atoms with Crippen molar-refractivity contribution in [2.45, 2.75) is 51.2 Å². The minimum absolute atomic E-state index is 0.00920. The number of ether oxygens (including phenoxy) is 3. The summed E-state index contributed by atoms with van der Waals surface area (Å²) in [5.74, 6) is 1.29. The monoisotopic (exact) mass is 491 g/mol. The number of aromatic amines is 1. The molecule has 0 spiro atoms. The zero-order valence-electron chi connectivity index (χ0n) is 20.8. The van der Waals surface area contributed by atoms with Gasteiger partial charge in [0.2, 0.25) is 0 Å². The van der Waals surface area contributed by atoms with Gasteiger partial charge in [-0.15, -0.1) is 0 Å². The molecule has 2 atom stereocenters. The van der Waals surface area contributed by atoms with Crippen molar-refractivity contribution < 1.29 is 24.1 Å². The predicted octanol–water partition coefficient (Wildman–Crippen LogP) is 5.08. The van der Waals surface area contributed by atoms with E-state index in [1.54, 1.807) is 19.2 Å². The fraction of sp³-hybridized carbons (Fsp3) is 0.429. The summed E-state index contributed by atoms with van der Waals surface area (Å²) in [5.41, 5.74) is 3.22. The SMILES string of the molecule is CCCCCOc1ccc([C@H]2c3c(-c4ccccc4O)n[nH]c3C(=O)N2C[C@@H]2CCCO2)cc1OC. The quantitative estimate of drug-likeness (QED) is 0.384. The van der Waals surface area contributed by atoms with E-state index in [-0.39, 0.29) is 17.8 Å². The maximum absolute atomic E-state index is 13.6. The molecule has 2 aliphatic heterocycles. The van der Waals surface area contributed by atoms with Crippen molar-refractivity contribution in [3.05, 3.63) is 59.3 Å². The third-order valence-electron chi connectivity index (χ3n) is 6.96. The number of amides is 1. The van der Waals surface area contributed by atoms with Crippen molar-refractivity contribution in [3.8, 4) is 28.5 Å². The van der Waals surface area contributed by atoms with Gasteiger partial charge in [-0.25, -0.2) is 0 Å². The number of unbranched alkanes of at least 4 members (excludes halogenated alkanes) is 2. The molecule has 3 aromatic rings. The zero-order chi connectivity index (χ0) is 25.1. The first-order valence-electron chi connectivity index (χ1n) is 12.7. The number of H-pyrrole nitrogens is 1. The van der Waals surface area contributed by atoms with Gasteiger partial charge in [-0.1, -0.05) is 38.0 Å². The second-order valence-corrected chi connectivity index (χ2v) is 9.34. The Morgan fingerprint density at radius 3 is 2.81 bits per heavy atom. The fourth-order valence-corrected chi connectivity index (χ4v) is 5.13. The van der Waals surface area contributed by atoms with Crippen LogP contribution in [0, 0.1) is 0 Å². The molecule has 1 aromatic heterocycles. The van der Waals surface area contributed by atoms with Crippen molar-refractivity contribution in [1.29, 1.82) is 0 Å². The number of nitrogens with one attached hydrogen (secondary N) is 1. The smallest absolute Gasteiger partial charge is 0.273 e. The topological polar surface area (TPSA) is 96.9 Å². The lowest BCUT2D eigenvalue weighted by molar-refractivity contribution is 0.0495. The number of benzene rings is 2. The van der Waals surface area contributed by atoms with Gasteiger partial charge in [-0.2, -0.15) is 5.10 Å². The van der Waals surface area contributed by atoms with Crippen LogP contribution < -0.4 is 9.47 Å². The van der Waals surface area contributed by atoms with E-state index in [0.717, 1.165) is 43.2 Å². The van der Waals surface area contributed by atoms with Crippen LogP contribution in [0.5, 0.6) is 17.2 Å². The van der Waals surface area contributed by atoms with E-state index in [2.05, 4.69) is 17.1 Å².